The molecule has 0 heterocycles. The summed E-state index contributed by atoms with van der Waals surface area (Å²) in [7, 11) is 1.53. The molecule has 2 amide bonds. The molecule has 14 heavy (non-hydrogen) atoms. The highest BCUT2D eigenvalue weighted by Crippen LogP contribution is 1.85. The third-order valence-electron chi connectivity index (χ3n) is 1.95. The predicted molar refractivity (Wildman–Crippen MR) is 54.8 cm³/mol. The predicted octanol–water partition coefficient (Wildman–Crippen LogP) is -0.763. The van der Waals surface area contributed by atoms with E-state index in [1.165, 1.54) is 7.05 Å². The molecule has 0 aliphatic rings. The molecule has 1 unspecified atom stereocenters. The highest BCUT2D eigenvalue weighted by atomic mass is 16.2. The third-order valence-corrected chi connectivity index (χ3v) is 1.95. The second-order valence-corrected chi connectivity index (χ2v) is 3.14. The zero-order chi connectivity index (χ0) is 11.0. The summed E-state index contributed by atoms with van der Waals surface area (Å²) in [6.45, 7) is 4.34. The van der Waals surface area contributed by atoms with Gasteiger partial charge in [0.1, 0.15) is 0 Å². The van der Waals surface area contributed by atoms with Crippen molar-refractivity contribution in [3.8, 4) is 0 Å². The van der Waals surface area contributed by atoms with E-state index in [2.05, 4.69) is 16.0 Å². The molecule has 0 radical (unpaired) electrons. The van der Waals surface area contributed by atoms with Crippen molar-refractivity contribution >= 4 is 11.8 Å². The second kappa shape index (κ2) is 7.32. The molecule has 5 heteroatoms. The Kier molecular flexibility index (Phi) is 6.74. The van der Waals surface area contributed by atoms with Gasteiger partial charge in [0.05, 0.1) is 13.1 Å². The molecule has 0 aromatic carbocycles. The lowest BCUT2D eigenvalue weighted by atomic mass is 10.2. The topological polar surface area (TPSA) is 70.2 Å². The Morgan fingerprint density at radius 2 is 1.86 bits per heavy atom. The van der Waals surface area contributed by atoms with E-state index in [0.717, 1.165) is 6.42 Å². The maximum absolute atomic E-state index is 11.1. The Morgan fingerprint density at radius 3 is 2.36 bits per heavy atom. The van der Waals surface area contributed by atoms with Gasteiger partial charge in [0.25, 0.3) is 0 Å². The fraction of sp³-hybridized carbons (Fsp3) is 0.778. The van der Waals surface area contributed by atoms with Crippen molar-refractivity contribution in [2.24, 2.45) is 0 Å². The number of rotatable bonds is 6. The summed E-state index contributed by atoms with van der Waals surface area (Å²) < 4.78 is 0. The van der Waals surface area contributed by atoms with Crippen LogP contribution in [-0.2, 0) is 9.59 Å². The van der Waals surface area contributed by atoms with Crippen LogP contribution in [-0.4, -0.2) is 38.0 Å². The Labute approximate surface area is 84.6 Å². The Hall–Kier alpha value is -1.10. The minimum Gasteiger partial charge on any atom is -0.358 e. The normalized spacial score (nSPS) is 11.9. The number of amides is 2. The van der Waals surface area contributed by atoms with Crippen molar-refractivity contribution in [3.05, 3.63) is 0 Å². The van der Waals surface area contributed by atoms with Crippen LogP contribution in [0.15, 0.2) is 0 Å². The van der Waals surface area contributed by atoms with Gasteiger partial charge in [-0.25, -0.2) is 0 Å². The van der Waals surface area contributed by atoms with E-state index >= 15 is 0 Å². The van der Waals surface area contributed by atoms with Crippen LogP contribution in [0.5, 0.6) is 0 Å². The van der Waals surface area contributed by atoms with Crippen molar-refractivity contribution in [2.45, 2.75) is 26.3 Å². The number of carbonyl (C=O) groups excluding carboxylic acids is 2. The van der Waals surface area contributed by atoms with E-state index in [4.69, 9.17) is 0 Å². The molecule has 0 fully saturated rings. The molecule has 5 nitrogen and oxygen atoms in total. The first-order chi connectivity index (χ1) is 6.60. The molecule has 0 aromatic heterocycles. The molecule has 0 aromatic rings. The van der Waals surface area contributed by atoms with Crippen LogP contribution in [0.1, 0.15) is 20.3 Å². The van der Waals surface area contributed by atoms with E-state index in [9.17, 15) is 9.59 Å². The first-order valence-corrected chi connectivity index (χ1v) is 4.80. The van der Waals surface area contributed by atoms with Crippen molar-refractivity contribution in [3.63, 3.8) is 0 Å². The quantitative estimate of drug-likeness (QED) is 0.529. The van der Waals surface area contributed by atoms with Crippen molar-refractivity contribution in [1.29, 1.82) is 0 Å². The smallest absolute Gasteiger partial charge is 0.239 e. The molecule has 0 spiro atoms. The van der Waals surface area contributed by atoms with Crippen LogP contribution in [0.3, 0.4) is 0 Å². The van der Waals surface area contributed by atoms with Gasteiger partial charge in [0, 0.05) is 13.1 Å². The van der Waals surface area contributed by atoms with E-state index in [1.807, 2.05) is 13.8 Å². The van der Waals surface area contributed by atoms with Crippen molar-refractivity contribution in [2.75, 3.05) is 20.1 Å². The Balaban J connectivity index is 3.51. The van der Waals surface area contributed by atoms with Crippen LogP contribution >= 0.6 is 0 Å². The van der Waals surface area contributed by atoms with E-state index in [0.29, 0.717) is 6.04 Å². The summed E-state index contributed by atoms with van der Waals surface area (Å²) in [4.78, 5) is 21.9. The first-order valence-electron chi connectivity index (χ1n) is 4.80. The number of hydrogen-bond acceptors (Lipinski definition) is 3. The van der Waals surface area contributed by atoms with E-state index in [1.54, 1.807) is 0 Å². The van der Waals surface area contributed by atoms with Gasteiger partial charge < -0.3 is 16.0 Å². The van der Waals surface area contributed by atoms with Crippen LogP contribution < -0.4 is 16.0 Å². The largest absolute Gasteiger partial charge is 0.358 e. The lowest BCUT2D eigenvalue weighted by molar-refractivity contribution is -0.125. The van der Waals surface area contributed by atoms with Gasteiger partial charge in [-0.3, -0.25) is 9.59 Å². The van der Waals surface area contributed by atoms with Crippen molar-refractivity contribution < 1.29 is 9.59 Å². The van der Waals surface area contributed by atoms with Gasteiger partial charge in [-0.2, -0.15) is 0 Å². The summed E-state index contributed by atoms with van der Waals surface area (Å²) in [6, 6.07) is 0.320. The fourth-order valence-corrected chi connectivity index (χ4v) is 0.741. The van der Waals surface area contributed by atoms with E-state index < -0.39 is 0 Å². The van der Waals surface area contributed by atoms with Gasteiger partial charge in [0.2, 0.25) is 11.8 Å². The molecule has 82 valence electrons. The molecule has 0 aliphatic carbocycles. The summed E-state index contributed by atoms with van der Waals surface area (Å²) >= 11 is 0. The maximum Gasteiger partial charge on any atom is 0.239 e. The van der Waals surface area contributed by atoms with Gasteiger partial charge in [-0.15, -0.1) is 0 Å². The number of carbonyl (C=O) groups is 2. The van der Waals surface area contributed by atoms with Gasteiger partial charge in [0.15, 0.2) is 0 Å². The third kappa shape index (κ3) is 6.42. The molecule has 3 N–H and O–H groups in total. The van der Waals surface area contributed by atoms with Gasteiger partial charge in [-0.1, -0.05) is 6.92 Å². The van der Waals surface area contributed by atoms with Gasteiger partial charge >= 0.3 is 0 Å². The highest BCUT2D eigenvalue weighted by Gasteiger charge is 2.04. The molecular formula is C9H19N3O2. The number of likely N-dealkylation sites (N-methyl/N-ethyl adjacent to an activating group) is 1. The Bertz CT molecular complexity index is 194. The average molecular weight is 201 g/mol. The molecule has 0 aliphatic heterocycles. The molecule has 1 atom stereocenters. The average Bonchev–Trinajstić information content (AvgIpc) is 2.22. The van der Waals surface area contributed by atoms with E-state index in [-0.39, 0.29) is 24.9 Å². The fourth-order valence-electron chi connectivity index (χ4n) is 0.741. The van der Waals surface area contributed by atoms with Crippen molar-refractivity contribution in [1.82, 2.24) is 16.0 Å². The second-order valence-electron chi connectivity index (χ2n) is 3.14. The summed E-state index contributed by atoms with van der Waals surface area (Å²) in [5, 5.41) is 7.95. The summed E-state index contributed by atoms with van der Waals surface area (Å²) in [5.41, 5.74) is 0. The van der Waals surface area contributed by atoms with Crippen LogP contribution in [0.25, 0.3) is 0 Å². The number of hydrogen-bond donors (Lipinski definition) is 3. The summed E-state index contributed by atoms with van der Waals surface area (Å²) in [6.07, 6.45) is 0.975. The molecular weight excluding hydrogens is 182 g/mol. The van der Waals surface area contributed by atoms with Gasteiger partial charge in [-0.05, 0) is 13.3 Å². The molecule has 0 rings (SSSR count). The SMILES string of the molecule is CCC(C)NCC(=O)NCC(=O)NC. The zero-order valence-electron chi connectivity index (χ0n) is 9.02. The maximum atomic E-state index is 11.1. The van der Waals surface area contributed by atoms with Crippen LogP contribution in [0.2, 0.25) is 0 Å². The minimum absolute atomic E-state index is 0.0392. The summed E-state index contributed by atoms with van der Waals surface area (Å²) in [5.74, 6) is -0.351. The van der Waals surface area contributed by atoms with Crippen LogP contribution in [0, 0.1) is 0 Å². The highest BCUT2D eigenvalue weighted by molar-refractivity contribution is 5.85. The number of nitrogens with one attached hydrogen (secondary N) is 3. The molecule has 0 saturated heterocycles. The first kappa shape index (κ1) is 12.9. The zero-order valence-corrected chi connectivity index (χ0v) is 9.02. The molecule has 0 saturated carbocycles. The standard InChI is InChI=1S/C9H19N3O2/c1-4-7(2)11-6-9(14)12-5-8(13)10-3/h7,11H,4-6H2,1-3H3,(H,10,13)(H,12,14). The Morgan fingerprint density at radius 1 is 1.21 bits per heavy atom. The minimum atomic E-state index is -0.193. The van der Waals surface area contributed by atoms with Crippen LogP contribution in [0.4, 0.5) is 0 Å². The monoisotopic (exact) mass is 201 g/mol. The lowest BCUT2D eigenvalue weighted by Crippen LogP contribution is -2.41. The lowest BCUT2D eigenvalue weighted by Gasteiger charge is -2.10. The molecule has 0 bridgehead atoms.